The fraction of sp³-hybridized carbons (Fsp3) is 0.500. The first-order valence-corrected chi connectivity index (χ1v) is 7.50. The molecular formula is C16H22N2O3. The lowest BCUT2D eigenvalue weighted by atomic mass is 9.84. The quantitative estimate of drug-likeness (QED) is 0.452. The molecule has 1 aromatic carbocycles. The number of hydrogen-bond donors (Lipinski definition) is 1. The lowest BCUT2D eigenvalue weighted by Crippen LogP contribution is -2.33. The summed E-state index contributed by atoms with van der Waals surface area (Å²) < 4.78 is 0. The molecule has 5 nitrogen and oxygen atoms in total. The molecule has 1 aromatic rings. The molecule has 0 bridgehead atoms. The number of nitrogens with zero attached hydrogens (tertiary/aromatic N) is 1. The zero-order valence-electron chi connectivity index (χ0n) is 12.1. The van der Waals surface area contributed by atoms with E-state index in [1.807, 2.05) is 12.3 Å². The van der Waals surface area contributed by atoms with Crippen LogP contribution in [0.1, 0.15) is 43.6 Å². The zero-order chi connectivity index (χ0) is 14.9. The molecule has 1 aliphatic rings. The Morgan fingerprint density at radius 1 is 1.33 bits per heavy atom. The molecule has 2 unspecified atom stereocenters. The van der Waals surface area contributed by atoms with E-state index in [2.05, 4.69) is 40.5 Å². The molecule has 0 saturated heterocycles. The lowest BCUT2D eigenvalue weighted by Gasteiger charge is -2.30. The van der Waals surface area contributed by atoms with E-state index in [0.29, 0.717) is 18.4 Å². The van der Waals surface area contributed by atoms with Gasteiger partial charge in [-0.2, -0.15) is 0 Å². The molecule has 21 heavy (non-hydrogen) atoms. The predicted octanol–water partition coefficient (Wildman–Crippen LogP) is 3.41. The van der Waals surface area contributed by atoms with E-state index in [1.54, 1.807) is 0 Å². The van der Waals surface area contributed by atoms with Gasteiger partial charge in [-0.1, -0.05) is 42.8 Å². The number of benzene rings is 1. The SMILES string of the molecule is O=[N+]([O-])OCCCCC(c1ccccc1)C1CCC=CN1. The van der Waals surface area contributed by atoms with Crippen molar-refractivity contribution in [1.82, 2.24) is 5.32 Å². The van der Waals surface area contributed by atoms with Crippen molar-refractivity contribution in [3.8, 4) is 0 Å². The molecular weight excluding hydrogens is 268 g/mol. The molecule has 0 aromatic heterocycles. The molecule has 0 fully saturated rings. The van der Waals surface area contributed by atoms with E-state index in [-0.39, 0.29) is 6.61 Å². The molecule has 0 amide bonds. The maximum absolute atomic E-state index is 10.1. The van der Waals surface area contributed by atoms with Crippen LogP contribution in [0.3, 0.4) is 0 Å². The Morgan fingerprint density at radius 3 is 2.81 bits per heavy atom. The van der Waals surface area contributed by atoms with Crippen molar-refractivity contribution in [3.05, 3.63) is 58.3 Å². The Labute approximate surface area is 125 Å². The number of hydrogen-bond acceptors (Lipinski definition) is 4. The predicted molar refractivity (Wildman–Crippen MR) is 81.3 cm³/mol. The van der Waals surface area contributed by atoms with Crippen LogP contribution >= 0.6 is 0 Å². The first kappa shape index (κ1) is 15.4. The van der Waals surface area contributed by atoms with E-state index < -0.39 is 5.09 Å². The Morgan fingerprint density at radius 2 is 2.14 bits per heavy atom. The fourth-order valence-electron chi connectivity index (χ4n) is 2.86. The van der Waals surface area contributed by atoms with Crippen LogP contribution in [0.4, 0.5) is 0 Å². The minimum Gasteiger partial charge on any atom is -0.388 e. The van der Waals surface area contributed by atoms with Crippen molar-refractivity contribution < 1.29 is 9.92 Å². The van der Waals surface area contributed by atoms with Gasteiger partial charge in [0.05, 0.1) is 6.61 Å². The molecule has 1 N–H and O–H groups in total. The Bertz CT molecular complexity index is 462. The van der Waals surface area contributed by atoms with Crippen LogP contribution in [0.25, 0.3) is 0 Å². The van der Waals surface area contributed by atoms with Crippen molar-refractivity contribution in [2.75, 3.05) is 6.61 Å². The highest BCUT2D eigenvalue weighted by Gasteiger charge is 2.22. The van der Waals surface area contributed by atoms with Crippen LogP contribution in [0.2, 0.25) is 0 Å². The minimum absolute atomic E-state index is 0.187. The second-order valence-electron chi connectivity index (χ2n) is 5.32. The smallest absolute Gasteiger partial charge is 0.294 e. The Kier molecular flexibility index (Phi) is 6.06. The summed E-state index contributed by atoms with van der Waals surface area (Å²) in [5, 5.41) is 12.9. The van der Waals surface area contributed by atoms with E-state index >= 15 is 0 Å². The summed E-state index contributed by atoms with van der Waals surface area (Å²) in [6, 6.07) is 10.9. The number of allylic oxidation sites excluding steroid dienone is 1. The summed E-state index contributed by atoms with van der Waals surface area (Å²) in [4.78, 5) is 14.5. The van der Waals surface area contributed by atoms with Crippen LogP contribution in [0.15, 0.2) is 42.6 Å². The maximum atomic E-state index is 10.1. The van der Waals surface area contributed by atoms with Crippen molar-refractivity contribution in [3.63, 3.8) is 0 Å². The number of nitrogens with one attached hydrogen (secondary N) is 1. The first-order chi connectivity index (χ1) is 10.3. The highest BCUT2D eigenvalue weighted by Crippen LogP contribution is 2.29. The van der Waals surface area contributed by atoms with Gasteiger partial charge in [-0.15, -0.1) is 10.1 Å². The van der Waals surface area contributed by atoms with Gasteiger partial charge < -0.3 is 10.2 Å². The molecule has 0 radical (unpaired) electrons. The topological polar surface area (TPSA) is 64.4 Å². The van der Waals surface area contributed by atoms with Crippen LogP contribution in [0.5, 0.6) is 0 Å². The third-order valence-corrected chi connectivity index (χ3v) is 3.89. The normalized spacial score (nSPS) is 18.8. The first-order valence-electron chi connectivity index (χ1n) is 7.50. The molecule has 0 aliphatic carbocycles. The van der Waals surface area contributed by atoms with E-state index in [4.69, 9.17) is 0 Å². The molecule has 1 aliphatic heterocycles. The lowest BCUT2D eigenvalue weighted by molar-refractivity contribution is -0.757. The van der Waals surface area contributed by atoms with E-state index in [1.165, 1.54) is 5.56 Å². The second-order valence-corrected chi connectivity index (χ2v) is 5.32. The average Bonchev–Trinajstić information content (AvgIpc) is 2.52. The van der Waals surface area contributed by atoms with Gasteiger partial charge in [-0.3, -0.25) is 0 Å². The zero-order valence-corrected chi connectivity index (χ0v) is 12.1. The Hall–Kier alpha value is -2.04. The van der Waals surface area contributed by atoms with Gasteiger partial charge in [0.25, 0.3) is 5.09 Å². The molecule has 0 spiro atoms. The number of unbranched alkanes of at least 4 members (excludes halogenated alkanes) is 1. The molecule has 114 valence electrons. The van der Waals surface area contributed by atoms with Crippen LogP contribution < -0.4 is 5.32 Å². The summed E-state index contributed by atoms with van der Waals surface area (Å²) in [6.45, 7) is 0.187. The third kappa shape index (κ3) is 5.10. The summed E-state index contributed by atoms with van der Waals surface area (Å²) in [7, 11) is 0. The van der Waals surface area contributed by atoms with Gasteiger partial charge in [-0.25, -0.2) is 0 Å². The minimum atomic E-state index is -0.720. The van der Waals surface area contributed by atoms with Crippen molar-refractivity contribution >= 4 is 0 Å². The molecule has 2 atom stereocenters. The fourth-order valence-corrected chi connectivity index (χ4v) is 2.86. The standard InChI is InChI=1S/C16H22N2O3/c19-18(20)21-13-7-5-10-15(14-8-2-1-3-9-14)16-11-4-6-12-17-16/h1-3,6,8-9,12,15-17H,4-5,7,10-11,13H2. The van der Waals surface area contributed by atoms with Gasteiger partial charge in [0.15, 0.2) is 0 Å². The Balaban J connectivity index is 1.89. The summed E-state index contributed by atoms with van der Waals surface area (Å²) in [6.07, 6.45) is 9.08. The molecule has 0 saturated carbocycles. The summed E-state index contributed by atoms with van der Waals surface area (Å²) >= 11 is 0. The largest absolute Gasteiger partial charge is 0.388 e. The highest BCUT2D eigenvalue weighted by atomic mass is 16.9. The van der Waals surface area contributed by atoms with Crippen LogP contribution in [0, 0.1) is 10.1 Å². The second kappa shape index (κ2) is 8.29. The van der Waals surface area contributed by atoms with Crippen molar-refractivity contribution in [2.24, 2.45) is 0 Å². The van der Waals surface area contributed by atoms with Crippen molar-refractivity contribution in [2.45, 2.75) is 44.1 Å². The van der Waals surface area contributed by atoms with Gasteiger partial charge in [0.1, 0.15) is 0 Å². The highest BCUT2D eigenvalue weighted by molar-refractivity contribution is 5.22. The number of rotatable bonds is 8. The van der Waals surface area contributed by atoms with E-state index in [0.717, 1.165) is 25.7 Å². The van der Waals surface area contributed by atoms with Crippen LogP contribution in [-0.4, -0.2) is 17.7 Å². The van der Waals surface area contributed by atoms with Gasteiger partial charge in [-0.05, 0) is 37.4 Å². The van der Waals surface area contributed by atoms with Gasteiger partial charge in [0, 0.05) is 12.0 Å². The van der Waals surface area contributed by atoms with Gasteiger partial charge in [0.2, 0.25) is 0 Å². The molecule has 2 rings (SSSR count). The average molecular weight is 290 g/mol. The summed E-state index contributed by atoms with van der Waals surface area (Å²) in [5.74, 6) is 0.437. The van der Waals surface area contributed by atoms with Crippen molar-refractivity contribution in [1.29, 1.82) is 0 Å². The van der Waals surface area contributed by atoms with Crippen LogP contribution in [-0.2, 0) is 4.84 Å². The van der Waals surface area contributed by atoms with E-state index in [9.17, 15) is 10.1 Å². The monoisotopic (exact) mass is 290 g/mol. The van der Waals surface area contributed by atoms with Gasteiger partial charge >= 0.3 is 0 Å². The maximum Gasteiger partial charge on any atom is 0.294 e. The third-order valence-electron chi connectivity index (χ3n) is 3.89. The summed E-state index contributed by atoms with van der Waals surface area (Å²) in [5.41, 5.74) is 1.33. The molecule has 1 heterocycles. The molecule has 5 heteroatoms.